The summed E-state index contributed by atoms with van der Waals surface area (Å²) in [7, 11) is 0. The van der Waals surface area contributed by atoms with E-state index >= 15 is 0 Å². The summed E-state index contributed by atoms with van der Waals surface area (Å²) in [5.41, 5.74) is 3.30. The van der Waals surface area contributed by atoms with Gasteiger partial charge in [-0.05, 0) is 13.8 Å². The van der Waals surface area contributed by atoms with E-state index in [1.165, 1.54) is 11.3 Å². The van der Waals surface area contributed by atoms with E-state index in [0.717, 1.165) is 0 Å². The predicted molar refractivity (Wildman–Crippen MR) is 56.0 cm³/mol. The van der Waals surface area contributed by atoms with Crippen LogP contribution >= 0.6 is 11.3 Å². The number of nitrogens with zero attached hydrogens (tertiary/aromatic N) is 2. The fourth-order valence-corrected chi connectivity index (χ4v) is 1.70. The van der Waals surface area contributed by atoms with Gasteiger partial charge in [0.05, 0.1) is 5.51 Å². The minimum atomic E-state index is -0.245. The van der Waals surface area contributed by atoms with Gasteiger partial charge in [-0.3, -0.25) is 4.79 Å². The molecule has 78 valence electrons. The third-order valence-electron chi connectivity index (χ3n) is 1.94. The zero-order valence-corrected chi connectivity index (χ0v) is 9.09. The molecule has 0 aliphatic rings. The summed E-state index contributed by atoms with van der Waals surface area (Å²) in [5.74, 6) is 0.349. The smallest absolute Gasteiger partial charge is 0.275 e. The molecule has 1 amide bonds. The Kier molecular flexibility index (Phi) is 2.51. The van der Waals surface area contributed by atoms with Crippen LogP contribution in [0.5, 0.6) is 0 Å². The summed E-state index contributed by atoms with van der Waals surface area (Å²) in [5, 5.41) is 8.14. The molecular formula is C9H9N3O2S. The fourth-order valence-electron chi connectivity index (χ4n) is 1.16. The van der Waals surface area contributed by atoms with Crippen LogP contribution in [0.3, 0.4) is 0 Å². The molecule has 2 heterocycles. The van der Waals surface area contributed by atoms with Gasteiger partial charge in [-0.15, -0.1) is 11.3 Å². The van der Waals surface area contributed by atoms with Gasteiger partial charge in [-0.25, -0.2) is 4.98 Å². The highest BCUT2D eigenvalue weighted by Gasteiger charge is 2.14. The molecule has 1 N–H and O–H groups in total. The standard InChI is InChI=1S/C9H9N3O2S/c1-5-8(6(2)14-12-5)11-9(13)7-3-15-4-10-7/h3-4H,1-2H3,(H,11,13). The highest BCUT2D eigenvalue weighted by molar-refractivity contribution is 7.07. The van der Waals surface area contributed by atoms with Gasteiger partial charge < -0.3 is 9.84 Å². The van der Waals surface area contributed by atoms with Gasteiger partial charge in [-0.2, -0.15) is 0 Å². The molecule has 0 atom stereocenters. The van der Waals surface area contributed by atoms with Crippen molar-refractivity contribution in [2.24, 2.45) is 0 Å². The first-order chi connectivity index (χ1) is 7.18. The zero-order valence-electron chi connectivity index (χ0n) is 8.27. The van der Waals surface area contributed by atoms with Crippen LogP contribution in [0.4, 0.5) is 5.69 Å². The van der Waals surface area contributed by atoms with E-state index in [-0.39, 0.29) is 5.91 Å². The molecule has 0 saturated heterocycles. The number of anilines is 1. The first kappa shape index (κ1) is 9.85. The Morgan fingerprint density at radius 1 is 1.53 bits per heavy atom. The Morgan fingerprint density at radius 2 is 2.33 bits per heavy atom. The first-order valence-corrected chi connectivity index (χ1v) is 5.25. The molecule has 6 heteroatoms. The van der Waals surface area contributed by atoms with Gasteiger partial charge in [0.15, 0.2) is 5.76 Å². The Labute approximate surface area is 90.1 Å². The summed E-state index contributed by atoms with van der Waals surface area (Å²) in [6.07, 6.45) is 0. The molecule has 0 aromatic carbocycles. The number of aromatic nitrogens is 2. The predicted octanol–water partition coefficient (Wildman–Crippen LogP) is 2.00. The van der Waals surface area contributed by atoms with Crippen LogP contribution in [0.15, 0.2) is 15.4 Å². The maximum absolute atomic E-state index is 11.6. The minimum absolute atomic E-state index is 0.245. The van der Waals surface area contributed by atoms with Crippen molar-refractivity contribution in [2.45, 2.75) is 13.8 Å². The Balaban J connectivity index is 2.20. The topological polar surface area (TPSA) is 68.0 Å². The van der Waals surface area contributed by atoms with Crippen LogP contribution in [0.1, 0.15) is 21.9 Å². The summed E-state index contributed by atoms with van der Waals surface area (Å²) >= 11 is 1.38. The zero-order chi connectivity index (χ0) is 10.8. The van der Waals surface area contributed by atoms with Crippen molar-refractivity contribution in [3.05, 3.63) is 28.0 Å². The fraction of sp³-hybridized carbons (Fsp3) is 0.222. The summed E-state index contributed by atoms with van der Waals surface area (Å²) in [6, 6.07) is 0. The monoisotopic (exact) mass is 223 g/mol. The van der Waals surface area contributed by atoms with E-state index in [1.54, 1.807) is 24.7 Å². The molecule has 0 aliphatic heterocycles. The lowest BCUT2D eigenvalue weighted by atomic mass is 10.3. The van der Waals surface area contributed by atoms with Gasteiger partial charge in [-0.1, -0.05) is 5.16 Å². The van der Waals surface area contributed by atoms with Crippen molar-refractivity contribution in [2.75, 3.05) is 5.32 Å². The lowest BCUT2D eigenvalue weighted by Gasteiger charge is -2.00. The van der Waals surface area contributed by atoms with Crippen molar-refractivity contribution < 1.29 is 9.32 Å². The Morgan fingerprint density at radius 3 is 2.87 bits per heavy atom. The molecule has 0 fully saturated rings. The maximum atomic E-state index is 11.6. The van der Waals surface area contributed by atoms with Crippen molar-refractivity contribution in [1.29, 1.82) is 0 Å². The molecule has 5 nitrogen and oxygen atoms in total. The quantitative estimate of drug-likeness (QED) is 0.845. The Hall–Kier alpha value is -1.69. The van der Waals surface area contributed by atoms with Crippen LogP contribution in [-0.2, 0) is 0 Å². The average Bonchev–Trinajstić information content (AvgIpc) is 2.82. The van der Waals surface area contributed by atoms with E-state index in [1.807, 2.05) is 0 Å². The number of carbonyl (C=O) groups is 1. The lowest BCUT2D eigenvalue weighted by Crippen LogP contribution is -2.13. The van der Waals surface area contributed by atoms with Gasteiger partial charge in [0.1, 0.15) is 17.1 Å². The number of hydrogen-bond donors (Lipinski definition) is 1. The molecule has 2 aromatic heterocycles. The molecule has 0 unspecified atom stereocenters. The summed E-state index contributed by atoms with van der Waals surface area (Å²) in [4.78, 5) is 15.6. The number of amides is 1. The van der Waals surface area contributed by atoms with Crippen LogP contribution < -0.4 is 5.32 Å². The second-order valence-corrected chi connectivity index (χ2v) is 3.75. The van der Waals surface area contributed by atoms with E-state index in [2.05, 4.69) is 15.5 Å². The van der Waals surface area contributed by atoms with Crippen LogP contribution in [0.25, 0.3) is 0 Å². The lowest BCUT2D eigenvalue weighted by molar-refractivity contribution is 0.102. The number of rotatable bonds is 2. The molecule has 15 heavy (non-hydrogen) atoms. The third kappa shape index (κ3) is 1.89. The molecule has 0 radical (unpaired) electrons. The summed E-state index contributed by atoms with van der Waals surface area (Å²) in [6.45, 7) is 3.52. The second-order valence-electron chi connectivity index (χ2n) is 3.03. The van der Waals surface area contributed by atoms with Crippen molar-refractivity contribution in [1.82, 2.24) is 10.1 Å². The second kappa shape index (κ2) is 3.82. The SMILES string of the molecule is Cc1noc(C)c1NC(=O)c1cscn1. The van der Waals surface area contributed by atoms with Crippen molar-refractivity contribution in [3.8, 4) is 0 Å². The highest BCUT2D eigenvalue weighted by Crippen LogP contribution is 2.19. The number of carbonyl (C=O) groups excluding carboxylic acids is 1. The molecule has 2 rings (SSSR count). The average molecular weight is 223 g/mol. The first-order valence-electron chi connectivity index (χ1n) is 4.31. The van der Waals surface area contributed by atoms with Gasteiger partial charge >= 0.3 is 0 Å². The Bertz CT molecular complexity index is 456. The number of nitrogens with one attached hydrogen (secondary N) is 1. The van der Waals surface area contributed by atoms with E-state index in [4.69, 9.17) is 4.52 Å². The molecule has 0 aliphatic carbocycles. The van der Waals surface area contributed by atoms with Crippen LogP contribution in [0, 0.1) is 13.8 Å². The highest BCUT2D eigenvalue weighted by atomic mass is 32.1. The van der Waals surface area contributed by atoms with Crippen LogP contribution in [-0.4, -0.2) is 16.0 Å². The molecular weight excluding hydrogens is 214 g/mol. The summed E-state index contributed by atoms with van der Waals surface area (Å²) < 4.78 is 4.93. The van der Waals surface area contributed by atoms with Gasteiger partial charge in [0.25, 0.3) is 5.91 Å². The molecule has 0 spiro atoms. The maximum Gasteiger partial charge on any atom is 0.275 e. The largest absolute Gasteiger partial charge is 0.359 e. The van der Waals surface area contributed by atoms with Crippen LogP contribution in [0.2, 0.25) is 0 Å². The molecule has 2 aromatic rings. The third-order valence-corrected chi connectivity index (χ3v) is 2.52. The van der Waals surface area contributed by atoms with Crippen molar-refractivity contribution in [3.63, 3.8) is 0 Å². The van der Waals surface area contributed by atoms with E-state index < -0.39 is 0 Å². The van der Waals surface area contributed by atoms with Crippen molar-refractivity contribution >= 4 is 22.9 Å². The van der Waals surface area contributed by atoms with E-state index in [0.29, 0.717) is 22.8 Å². The van der Waals surface area contributed by atoms with Gasteiger partial charge in [0.2, 0.25) is 0 Å². The number of thiazole rings is 1. The number of aryl methyl sites for hydroxylation is 2. The minimum Gasteiger partial charge on any atom is -0.359 e. The molecule has 0 saturated carbocycles. The number of hydrogen-bond acceptors (Lipinski definition) is 5. The molecule has 0 bridgehead atoms. The van der Waals surface area contributed by atoms with E-state index in [9.17, 15) is 4.79 Å². The van der Waals surface area contributed by atoms with Gasteiger partial charge in [0, 0.05) is 5.38 Å². The normalized spacial score (nSPS) is 10.3.